The first-order chi connectivity index (χ1) is 6.65. The lowest BCUT2D eigenvalue weighted by molar-refractivity contribution is -0.119. The summed E-state index contributed by atoms with van der Waals surface area (Å²) in [6.07, 6.45) is 1.75. The maximum absolute atomic E-state index is 11.1. The number of nitrogens with one attached hydrogen (secondary N) is 2. The number of aromatic nitrogens is 2. The molecule has 1 rings (SSSR count). The van der Waals surface area contributed by atoms with Crippen LogP contribution < -0.4 is 10.6 Å². The van der Waals surface area contributed by atoms with Crippen molar-refractivity contribution in [3.8, 4) is 0 Å². The predicted octanol–water partition coefficient (Wildman–Crippen LogP) is 0.573. The van der Waals surface area contributed by atoms with Gasteiger partial charge in [0, 0.05) is 13.6 Å². The van der Waals surface area contributed by atoms with E-state index in [0.717, 1.165) is 3.70 Å². The van der Waals surface area contributed by atoms with E-state index in [1.807, 2.05) is 18.5 Å². The molecule has 0 saturated heterocycles. The molecule has 0 fully saturated rings. The number of halogens is 1. The predicted molar refractivity (Wildman–Crippen MR) is 63.1 cm³/mol. The fourth-order valence-corrected chi connectivity index (χ4v) is 1.34. The largest absolute Gasteiger partial charge is 0.355 e. The molecular weight excluding hydrogens is 295 g/mol. The van der Waals surface area contributed by atoms with E-state index in [2.05, 4.69) is 38.2 Å². The van der Waals surface area contributed by atoms with E-state index < -0.39 is 0 Å². The lowest BCUT2D eigenvalue weighted by Crippen LogP contribution is -2.30. The molecule has 0 spiro atoms. The molecule has 0 aliphatic carbocycles. The van der Waals surface area contributed by atoms with Crippen molar-refractivity contribution >= 4 is 34.4 Å². The Morgan fingerprint density at radius 2 is 2.43 bits per heavy atom. The summed E-state index contributed by atoms with van der Waals surface area (Å²) >= 11 is 2.18. The molecule has 0 aliphatic heterocycles. The molecule has 6 heteroatoms. The Bertz CT molecular complexity index is 323. The second kappa shape index (κ2) is 5.18. The molecule has 0 saturated carbocycles. The van der Waals surface area contributed by atoms with Crippen LogP contribution in [0.4, 0.5) is 5.95 Å². The van der Waals surface area contributed by atoms with Gasteiger partial charge in [-0.3, -0.25) is 4.79 Å². The standard InChI is InChI=1S/C8H13IN4O/c1-3-10-7(14)5-12-8-11-4-6(9)13(8)2/h4H,3,5H2,1-2H3,(H,10,14)(H,11,12). The summed E-state index contributed by atoms with van der Waals surface area (Å²) in [5.74, 6) is 0.686. The highest BCUT2D eigenvalue weighted by Crippen LogP contribution is 2.09. The Morgan fingerprint density at radius 3 is 2.93 bits per heavy atom. The van der Waals surface area contributed by atoms with E-state index in [0.29, 0.717) is 12.5 Å². The van der Waals surface area contributed by atoms with Gasteiger partial charge in [0.25, 0.3) is 0 Å². The highest BCUT2D eigenvalue weighted by molar-refractivity contribution is 14.1. The monoisotopic (exact) mass is 308 g/mol. The number of nitrogens with zero attached hydrogens (tertiary/aromatic N) is 2. The van der Waals surface area contributed by atoms with Crippen LogP contribution >= 0.6 is 22.6 Å². The highest BCUT2D eigenvalue weighted by Gasteiger charge is 2.04. The van der Waals surface area contributed by atoms with Gasteiger partial charge in [-0.15, -0.1) is 0 Å². The van der Waals surface area contributed by atoms with Crippen molar-refractivity contribution in [2.45, 2.75) is 6.92 Å². The molecule has 1 amide bonds. The van der Waals surface area contributed by atoms with Gasteiger partial charge < -0.3 is 15.2 Å². The number of amides is 1. The van der Waals surface area contributed by atoms with Crippen molar-refractivity contribution in [2.24, 2.45) is 7.05 Å². The van der Waals surface area contributed by atoms with Gasteiger partial charge in [0.2, 0.25) is 11.9 Å². The van der Waals surface area contributed by atoms with Crippen LogP contribution in [0.1, 0.15) is 6.92 Å². The first-order valence-corrected chi connectivity index (χ1v) is 5.40. The topological polar surface area (TPSA) is 59.0 Å². The molecule has 1 aromatic heterocycles. The Labute approximate surface area is 96.4 Å². The fraction of sp³-hybridized carbons (Fsp3) is 0.500. The Balaban J connectivity index is 2.46. The first-order valence-electron chi connectivity index (χ1n) is 4.33. The SMILES string of the molecule is CCNC(=O)CNc1ncc(I)n1C. The van der Waals surface area contributed by atoms with Crippen molar-refractivity contribution in [1.82, 2.24) is 14.9 Å². The van der Waals surface area contributed by atoms with Crippen molar-refractivity contribution < 1.29 is 4.79 Å². The summed E-state index contributed by atoms with van der Waals surface area (Å²) < 4.78 is 2.92. The number of rotatable bonds is 4. The minimum Gasteiger partial charge on any atom is -0.355 e. The van der Waals surface area contributed by atoms with E-state index in [1.165, 1.54) is 0 Å². The zero-order chi connectivity index (χ0) is 10.6. The molecule has 0 aliphatic rings. The summed E-state index contributed by atoms with van der Waals surface area (Å²) in [6, 6.07) is 0. The molecular formula is C8H13IN4O. The minimum absolute atomic E-state index is 0.0227. The number of imidazole rings is 1. The van der Waals surface area contributed by atoms with Crippen LogP contribution in [0.5, 0.6) is 0 Å². The van der Waals surface area contributed by atoms with Crippen molar-refractivity contribution in [1.29, 1.82) is 0 Å². The number of likely N-dealkylation sites (N-methyl/N-ethyl adjacent to an activating group) is 1. The summed E-state index contributed by atoms with van der Waals surface area (Å²) in [5, 5.41) is 5.66. The summed E-state index contributed by atoms with van der Waals surface area (Å²) in [4.78, 5) is 15.2. The smallest absolute Gasteiger partial charge is 0.239 e. The molecule has 0 atom stereocenters. The summed E-state index contributed by atoms with van der Waals surface area (Å²) in [7, 11) is 1.90. The van der Waals surface area contributed by atoms with Gasteiger partial charge in [0.15, 0.2) is 0 Å². The lowest BCUT2D eigenvalue weighted by atomic mass is 10.5. The van der Waals surface area contributed by atoms with Gasteiger partial charge in [0.1, 0.15) is 3.70 Å². The third-order valence-electron chi connectivity index (χ3n) is 1.71. The molecule has 5 nitrogen and oxygen atoms in total. The lowest BCUT2D eigenvalue weighted by Gasteiger charge is -2.05. The van der Waals surface area contributed by atoms with Crippen LogP contribution in [-0.2, 0) is 11.8 Å². The van der Waals surface area contributed by atoms with Crippen LogP contribution in [0.3, 0.4) is 0 Å². The number of anilines is 1. The second-order valence-electron chi connectivity index (χ2n) is 2.77. The van der Waals surface area contributed by atoms with Crippen molar-refractivity contribution in [3.63, 3.8) is 0 Å². The third kappa shape index (κ3) is 2.86. The van der Waals surface area contributed by atoms with E-state index >= 15 is 0 Å². The molecule has 0 unspecified atom stereocenters. The molecule has 78 valence electrons. The quantitative estimate of drug-likeness (QED) is 0.800. The maximum atomic E-state index is 11.1. The van der Waals surface area contributed by atoms with Gasteiger partial charge in [0.05, 0.1) is 12.7 Å². The molecule has 0 bridgehead atoms. The minimum atomic E-state index is -0.0227. The van der Waals surface area contributed by atoms with Crippen LogP contribution in [0.2, 0.25) is 0 Å². The number of hydrogen-bond donors (Lipinski definition) is 2. The number of hydrogen-bond acceptors (Lipinski definition) is 3. The average Bonchev–Trinajstić information content (AvgIpc) is 2.46. The first kappa shape index (κ1) is 11.3. The molecule has 1 heterocycles. The van der Waals surface area contributed by atoms with Gasteiger partial charge in [-0.1, -0.05) is 0 Å². The Kier molecular flexibility index (Phi) is 4.18. The van der Waals surface area contributed by atoms with Gasteiger partial charge in [-0.25, -0.2) is 4.98 Å². The molecule has 0 aromatic carbocycles. The summed E-state index contributed by atoms with van der Waals surface area (Å²) in [6.45, 7) is 2.80. The van der Waals surface area contributed by atoms with Crippen LogP contribution in [0.25, 0.3) is 0 Å². The number of carbonyl (C=O) groups excluding carboxylic acids is 1. The molecule has 14 heavy (non-hydrogen) atoms. The summed E-state index contributed by atoms with van der Waals surface area (Å²) in [5.41, 5.74) is 0. The zero-order valence-electron chi connectivity index (χ0n) is 8.17. The second-order valence-corrected chi connectivity index (χ2v) is 3.88. The van der Waals surface area contributed by atoms with Crippen LogP contribution in [0.15, 0.2) is 6.20 Å². The van der Waals surface area contributed by atoms with Crippen LogP contribution in [-0.4, -0.2) is 28.5 Å². The molecule has 1 aromatic rings. The van der Waals surface area contributed by atoms with E-state index in [9.17, 15) is 4.79 Å². The zero-order valence-corrected chi connectivity index (χ0v) is 10.3. The molecule has 2 N–H and O–H groups in total. The Hall–Kier alpha value is -0.790. The highest BCUT2D eigenvalue weighted by atomic mass is 127. The number of carbonyl (C=O) groups is 1. The van der Waals surface area contributed by atoms with Crippen molar-refractivity contribution in [3.05, 3.63) is 9.90 Å². The third-order valence-corrected chi connectivity index (χ3v) is 2.71. The van der Waals surface area contributed by atoms with Crippen LogP contribution in [0, 0.1) is 3.70 Å². The van der Waals surface area contributed by atoms with E-state index in [4.69, 9.17) is 0 Å². The normalized spacial score (nSPS) is 9.93. The fourth-order valence-electron chi connectivity index (χ4n) is 0.972. The van der Waals surface area contributed by atoms with E-state index in [1.54, 1.807) is 6.20 Å². The van der Waals surface area contributed by atoms with Gasteiger partial charge in [-0.05, 0) is 29.5 Å². The molecule has 0 radical (unpaired) electrons. The van der Waals surface area contributed by atoms with Gasteiger partial charge >= 0.3 is 0 Å². The van der Waals surface area contributed by atoms with Crippen molar-refractivity contribution in [2.75, 3.05) is 18.4 Å². The maximum Gasteiger partial charge on any atom is 0.239 e. The Morgan fingerprint density at radius 1 is 1.71 bits per heavy atom. The van der Waals surface area contributed by atoms with E-state index in [-0.39, 0.29) is 12.5 Å². The average molecular weight is 308 g/mol. The van der Waals surface area contributed by atoms with Gasteiger partial charge in [-0.2, -0.15) is 0 Å².